The molecule has 1 unspecified atom stereocenters. The molecule has 0 aromatic carbocycles. The maximum atomic E-state index is 5.80. The highest BCUT2D eigenvalue weighted by Gasteiger charge is 2.10. The van der Waals surface area contributed by atoms with Gasteiger partial charge < -0.3 is 10.5 Å². The lowest BCUT2D eigenvalue weighted by atomic mass is 10.3. The van der Waals surface area contributed by atoms with Gasteiger partial charge in [-0.1, -0.05) is 12.1 Å². The molecule has 0 bridgehead atoms. The number of nitrogens with two attached hydrogens (primary N) is 1. The first-order chi connectivity index (χ1) is 7.90. The lowest BCUT2D eigenvalue weighted by Crippen LogP contribution is -2.16. The van der Waals surface area contributed by atoms with Gasteiger partial charge in [0, 0.05) is 22.7 Å². The molecule has 0 aliphatic rings. The minimum absolute atomic E-state index is 0.0555. The second-order valence-electron chi connectivity index (χ2n) is 3.44. The Morgan fingerprint density at radius 3 is 2.62 bits per heavy atom. The van der Waals surface area contributed by atoms with Crippen molar-refractivity contribution >= 4 is 22.7 Å². The van der Waals surface area contributed by atoms with Gasteiger partial charge in [0.05, 0.1) is 6.61 Å². The summed E-state index contributed by atoms with van der Waals surface area (Å²) < 4.78 is 5.80. The van der Waals surface area contributed by atoms with Crippen molar-refractivity contribution in [1.29, 1.82) is 0 Å². The van der Waals surface area contributed by atoms with Gasteiger partial charge in [-0.25, -0.2) is 0 Å². The fourth-order valence-corrected chi connectivity index (χ4v) is 2.98. The SMILES string of the molecule is NCC(OCCc1cccs1)c1cccs1. The van der Waals surface area contributed by atoms with E-state index < -0.39 is 0 Å². The van der Waals surface area contributed by atoms with Gasteiger partial charge in [0.25, 0.3) is 0 Å². The van der Waals surface area contributed by atoms with E-state index in [9.17, 15) is 0 Å². The van der Waals surface area contributed by atoms with E-state index in [-0.39, 0.29) is 6.10 Å². The molecule has 0 saturated carbocycles. The van der Waals surface area contributed by atoms with Crippen molar-refractivity contribution in [1.82, 2.24) is 0 Å². The summed E-state index contributed by atoms with van der Waals surface area (Å²) in [6.07, 6.45) is 1.03. The zero-order valence-corrected chi connectivity index (χ0v) is 10.6. The molecule has 0 amide bonds. The summed E-state index contributed by atoms with van der Waals surface area (Å²) in [5.74, 6) is 0. The molecule has 2 rings (SSSR count). The van der Waals surface area contributed by atoms with Crippen molar-refractivity contribution in [2.45, 2.75) is 12.5 Å². The number of ether oxygens (including phenoxy) is 1. The number of hydrogen-bond donors (Lipinski definition) is 1. The third-order valence-electron chi connectivity index (χ3n) is 2.32. The molecule has 16 heavy (non-hydrogen) atoms. The molecule has 2 aromatic rings. The summed E-state index contributed by atoms with van der Waals surface area (Å²) in [5, 5.41) is 4.15. The van der Waals surface area contributed by atoms with E-state index in [1.165, 1.54) is 9.75 Å². The van der Waals surface area contributed by atoms with E-state index >= 15 is 0 Å². The van der Waals surface area contributed by atoms with Gasteiger partial charge in [-0.15, -0.1) is 22.7 Å². The standard InChI is InChI=1S/C12H15NOS2/c13-9-11(12-4-2-8-16-12)14-6-5-10-3-1-7-15-10/h1-4,7-8,11H,5-6,9,13H2. The van der Waals surface area contributed by atoms with E-state index in [0.29, 0.717) is 6.54 Å². The minimum Gasteiger partial charge on any atom is -0.371 e. The monoisotopic (exact) mass is 253 g/mol. The summed E-state index contributed by atoms with van der Waals surface area (Å²) in [6, 6.07) is 8.31. The van der Waals surface area contributed by atoms with Crippen LogP contribution in [0.1, 0.15) is 15.9 Å². The van der Waals surface area contributed by atoms with Crippen LogP contribution in [0.5, 0.6) is 0 Å². The Morgan fingerprint density at radius 2 is 2.00 bits per heavy atom. The van der Waals surface area contributed by atoms with Crippen LogP contribution in [0.2, 0.25) is 0 Å². The van der Waals surface area contributed by atoms with Crippen molar-refractivity contribution in [3.63, 3.8) is 0 Å². The average molecular weight is 253 g/mol. The number of thiophene rings is 2. The summed E-state index contributed by atoms with van der Waals surface area (Å²) in [5.41, 5.74) is 5.71. The fourth-order valence-electron chi connectivity index (χ4n) is 1.50. The Labute approximate surface area is 104 Å². The molecule has 0 radical (unpaired) electrons. The first-order valence-electron chi connectivity index (χ1n) is 5.27. The normalized spacial score (nSPS) is 12.8. The molecule has 2 nitrogen and oxygen atoms in total. The predicted molar refractivity (Wildman–Crippen MR) is 70.1 cm³/mol. The maximum absolute atomic E-state index is 5.80. The molecule has 4 heteroatoms. The van der Waals surface area contributed by atoms with Crippen molar-refractivity contribution in [3.8, 4) is 0 Å². The van der Waals surface area contributed by atoms with Gasteiger partial charge in [0.15, 0.2) is 0 Å². The molecule has 86 valence electrons. The minimum atomic E-state index is 0.0555. The quantitative estimate of drug-likeness (QED) is 0.858. The fraction of sp³-hybridized carbons (Fsp3) is 0.333. The first-order valence-corrected chi connectivity index (χ1v) is 7.03. The summed E-state index contributed by atoms with van der Waals surface area (Å²) in [6.45, 7) is 1.28. The van der Waals surface area contributed by atoms with Crippen LogP contribution in [0.15, 0.2) is 35.0 Å². The van der Waals surface area contributed by atoms with Gasteiger partial charge in [0.1, 0.15) is 6.10 Å². The molecule has 1 atom stereocenters. The Balaban J connectivity index is 1.80. The molecule has 2 aromatic heterocycles. The van der Waals surface area contributed by atoms with Gasteiger partial charge in [0.2, 0.25) is 0 Å². The Bertz CT molecular complexity index is 383. The smallest absolute Gasteiger partial charge is 0.104 e. The number of hydrogen-bond acceptors (Lipinski definition) is 4. The second kappa shape index (κ2) is 6.15. The van der Waals surface area contributed by atoms with Gasteiger partial charge in [-0.05, 0) is 22.9 Å². The molecular weight excluding hydrogens is 238 g/mol. The second-order valence-corrected chi connectivity index (χ2v) is 5.45. The van der Waals surface area contributed by atoms with Crippen LogP contribution in [-0.4, -0.2) is 13.2 Å². The van der Waals surface area contributed by atoms with Gasteiger partial charge >= 0.3 is 0 Å². The zero-order chi connectivity index (χ0) is 11.2. The van der Waals surface area contributed by atoms with Crippen LogP contribution in [0, 0.1) is 0 Å². The van der Waals surface area contributed by atoms with Gasteiger partial charge in [-0.3, -0.25) is 0 Å². The Morgan fingerprint density at radius 1 is 1.19 bits per heavy atom. The van der Waals surface area contributed by atoms with Crippen LogP contribution in [0.25, 0.3) is 0 Å². The number of rotatable bonds is 6. The molecule has 2 N–H and O–H groups in total. The molecule has 0 saturated heterocycles. The molecular formula is C12H15NOS2. The highest BCUT2D eigenvalue weighted by atomic mass is 32.1. The molecule has 0 fully saturated rings. The van der Waals surface area contributed by atoms with E-state index in [2.05, 4.69) is 29.0 Å². The van der Waals surface area contributed by atoms with E-state index in [1.54, 1.807) is 22.7 Å². The largest absolute Gasteiger partial charge is 0.371 e. The Kier molecular flexibility index (Phi) is 4.54. The maximum Gasteiger partial charge on any atom is 0.104 e. The molecule has 2 heterocycles. The first kappa shape index (κ1) is 11.8. The van der Waals surface area contributed by atoms with Gasteiger partial charge in [-0.2, -0.15) is 0 Å². The van der Waals surface area contributed by atoms with E-state index in [0.717, 1.165) is 13.0 Å². The highest BCUT2D eigenvalue weighted by Crippen LogP contribution is 2.21. The Hall–Kier alpha value is -0.680. The summed E-state index contributed by atoms with van der Waals surface area (Å²) in [4.78, 5) is 2.58. The average Bonchev–Trinajstić information content (AvgIpc) is 2.96. The third-order valence-corrected chi connectivity index (χ3v) is 4.22. The van der Waals surface area contributed by atoms with Crippen molar-refractivity contribution in [2.75, 3.05) is 13.2 Å². The zero-order valence-electron chi connectivity index (χ0n) is 8.96. The highest BCUT2D eigenvalue weighted by molar-refractivity contribution is 7.10. The van der Waals surface area contributed by atoms with Crippen molar-refractivity contribution < 1.29 is 4.74 Å². The predicted octanol–water partition coefficient (Wildman–Crippen LogP) is 3.07. The van der Waals surface area contributed by atoms with Crippen molar-refractivity contribution in [3.05, 3.63) is 44.8 Å². The van der Waals surface area contributed by atoms with Crippen molar-refractivity contribution in [2.24, 2.45) is 5.73 Å². The molecule has 0 spiro atoms. The van der Waals surface area contributed by atoms with Crippen LogP contribution >= 0.6 is 22.7 Å². The summed E-state index contributed by atoms with van der Waals surface area (Å²) in [7, 11) is 0. The van der Waals surface area contributed by atoms with E-state index in [1.807, 2.05) is 6.07 Å². The van der Waals surface area contributed by atoms with Crippen LogP contribution in [0.3, 0.4) is 0 Å². The van der Waals surface area contributed by atoms with Crippen LogP contribution in [-0.2, 0) is 11.2 Å². The summed E-state index contributed by atoms with van der Waals surface area (Å²) >= 11 is 3.47. The lowest BCUT2D eigenvalue weighted by Gasteiger charge is -2.13. The van der Waals surface area contributed by atoms with Crippen LogP contribution in [0.4, 0.5) is 0 Å². The van der Waals surface area contributed by atoms with Crippen LogP contribution < -0.4 is 5.73 Å². The lowest BCUT2D eigenvalue weighted by molar-refractivity contribution is 0.0636. The van der Waals surface area contributed by atoms with E-state index in [4.69, 9.17) is 10.5 Å². The third kappa shape index (κ3) is 3.15. The topological polar surface area (TPSA) is 35.2 Å². The molecule has 0 aliphatic carbocycles. The molecule has 0 aliphatic heterocycles.